The van der Waals surface area contributed by atoms with Crippen LogP contribution in [0.5, 0.6) is 0 Å². The maximum atomic E-state index is 12.3. The highest BCUT2D eigenvalue weighted by molar-refractivity contribution is 5.84. The lowest BCUT2D eigenvalue weighted by molar-refractivity contribution is -0.160. The molecule has 1 atom stereocenters. The molecule has 1 saturated carbocycles. The number of nitrogens with one attached hydrogen (secondary N) is 1. The third-order valence-electron chi connectivity index (χ3n) is 4.84. The maximum Gasteiger partial charge on any atom is 0.410 e. The summed E-state index contributed by atoms with van der Waals surface area (Å²) in [5.74, 6) is -0.866. The molecule has 1 N–H and O–H groups in total. The van der Waals surface area contributed by atoms with Gasteiger partial charge in [0.05, 0.1) is 5.92 Å². The van der Waals surface area contributed by atoms with Gasteiger partial charge in [0.15, 0.2) is 6.10 Å². The zero-order chi connectivity index (χ0) is 19.3. The molecular formula is C19H32N2O5. The van der Waals surface area contributed by atoms with Crippen molar-refractivity contribution in [3.63, 3.8) is 0 Å². The van der Waals surface area contributed by atoms with E-state index in [2.05, 4.69) is 5.32 Å². The fraction of sp³-hybridized carbons (Fsp3) is 0.842. The van der Waals surface area contributed by atoms with Gasteiger partial charge < -0.3 is 19.7 Å². The Morgan fingerprint density at radius 2 is 1.62 bits per heavy atom. The second-order valence-electron chi connectivity index (χ2n) is 8.31. The lowest BCUT2D eigenvalue weighted by Crippen LogP contribution is -2.45. The van der Waals surface area contributed by atoms with Crippen LogP contribution >= 0.6 is 0 Å². The van der Waals surface area contributed by atoms with Crippen molar-refractivity contribution in [2.75, 3.05) is 13.1 Å². The molecule has 1 saturated heterocycles. The smallest absolute Gasteiger partial charge is 0.410 e. The summed E-state index contributed by atoms with van der Waals surface area (Å²) < 4.78 is 10.7. The highest BCUT2D eigenvalue weighted by Gasteiger charge is 2.32. The Hall–Kier alpha value is -1.79. The summed E-state index contributed by atoms with van der Waals surface area (Å²) in [6.07, 6.45) is 4.17. The van der Waals surface area contributed by atoms with Crippen LogP contribution in [0.2, 0.25) is 0 Å². The predicted molar refractivity (Wildman–Crippen MR) is 96.5 cm³/mol. The molecule has 148 valence electrons. The Kier molecular flexibility index (Phi) is 6.89. The van der Waals surface area contributed by atoms with E-state index in [1.165, 1.54) is 0 Å². The number of hydrogen-bond acceptors (Lipinski definition) is 5. The summed E-state index contributed by atoms with van der Waals surface area (Å²) >= 11 is 0. The number of carbonyl (C=O) groups excluding carboxylic acids is 3. The molecule has 26 heavy (non-hydrogen) atoms. The fourth-order valence-corrected chi connectivity index (χ4v) is 3.34. The first-order valence-corrected chi connectivity index (χ1v) is 9.64. The highest BCUT2D eigenvalue weighted by atomic mass is 16.6. The van der Waals surface area contributed by atoms with Crippen LogP contribution in [-0.2, 0) is 19.1 Å². The zero-order valence-corrected chi connectivity index (χ0v) is 16.4. The third kappa shape index (κ3) is 6.18. The molecule has 7 heteroatoms. The second-order valence-corrected chi connectivity index (χ2v) is 8.31. The van der Waals surface area contributed by atoms with Gasteiger partial charge >= 0.3 is 12.1 Å². The van der Waals surface area contributed by atoms with Gasteiger partial charge in [-0.05, 0) is 53.4 Å². The normalized spacial score (nSPS) is 20.5. The van der Waals surface area contributed by atoms with Crippen molar-refractivity contribution < 1.29 is 23.9 Å². The van der Waals surface area contributed by atoms with E-state index in [1.807, 2.05) is 20.8 Å². The van der Waals surface area contributed by atoms with Gasteiger partial charge in [-0.15, -0.1) is 0 Å². The minimum Gasteiger partial charge on any atom is -0.452 e. The molecule has 1 heterocycles. The number of ether oxygens (including phenoxy) is 2. The molecule has 1 aliphatic heterocycles. The minimum atomic E-state index is -0.785. The summed E-state index contributed by atoms with van der Waals surface area (Å²) in [5.41, 5.74) is -0.533. The van der Waals surface area contributed by atoms with Gasteiger partial charge in [0.25, 0.3) is 5.91 Å². The van der Waals surface area contributed by atoms with E-state index in [0.29, 0.717) is 25.9 Å². The average Bonchev–Trinajstić information content (AvgIpc) is 3.06. The predicted octanol–water partition coefficient (Wildman–Crippen LogP) is 2.62. The number of carbonyl (C=O) groups is 3. The first-order valence-electron chi connectivity index (χ1n) is 9.64. The van der Waals surface area contributed by atoms with E-state index in [0.717, 1.165) is 25.7 Å². The number of piperidine rings is 1. The molecule has 0 bridgehead atoms. The Morgan fingerprint density at radius 1 is 1.04 bits per heavy atom. The Morgan fingerprint density at radius 3 is 2.15 bits per heavy atom. The average molecular weight is 368 g/mol. The molecule has 0 aromatic rings. The van der Waals surface area contributed by atoms with Crippen LogP contribution in [0.4, 0.5) is 4.79 Å². The third-order valence-corrected chi connectivity index (χ3v) is 4.84. The van der Waals surface area contributed by atoms with Crippen molar-refractivity contribution in [1.29, 1.82) is 0 Å². The van der Waals surface area contributed by atoms with Gasteiger partial charge in [0.2, 0.25) is 0 Å². The summed E-state index contributed by atoms with van der Waals surface area (Å²) in [6.45, 7) is 8.00. The van der Waals surface area contributed by atoms with Gasteiger partial charge in [-0.25, -0.2) is 4.79 Å². The molecule has 2 aliphatic rings. The number of rotatable bonds is 4. The first-order chi connectivity index (χ1) is 12.2. The fourth-order valence-electron chi connectivity index (χ4n) is 3.34. The Balaban J connectivity index is 1.73. The molecular weight excluding hydrogens is 336 g/mol. The maximum absolute atomic E-state index is 12.3. The summed E-state index contributed by atoms with van der Waals surface area (Å²) in [5, 5.41) is 2.95. The SMILES string of the molecule is C[C@@H](OC(=O)C1CCN(C(=O)OC(C)(C)C)CC1)C(=O)NC1CCCC1. The summed E-state index contributed by atoms with van der Waals surface area (Å²) in [4.78, 5) is 38.1. The Labute approximate surface area is 155 Å². The van der Waals surface area contributed by atoms with Crippen molar-refractivity contribution >= 4 is 18.0 Å². The molecule has 0 radical (unpaired) electrons. The van der Waals surface area contributed by atoms with E-state index in [9.17, 15) is 14.4 Å². The molecule has 2 rings (SSSR count). The summed E-state index contributed by atoms with van der Waals surface area (Å²) in [6, 6.07) is 0.209. The van der Waals surface area contributed by atoms with Crippen molar-refractivity contribution in [1.82, 2.24) is 10.2 Å². The molecule has 2 fully saturated rings. The largest absolute Gasteiger partial charge is 0.452 e. The van der Waals surface area contributed by atoms with Crippen LogP contribution in [0, 0.1) is 5.92 Å². The van der Waals surface area contributed by atoms with Gasteiger partial charge in [0.1, 0.15) is 5.60 Å². The van der Waals surface area contributed by atoms with Crippen molar-refractivity contribution in [2.45, 2.75) is 84.0 Å². The molecule has 0 aromatic carbocycles. The Bertz CT molecular complexity index is 515. The topological polar surface area (TPSA) is 84.9 Å². The lowest BCUT2D eigenvalue weighted by atomic mass is 9.97. The van der Waals surface area contributed by atoms with Crippen LogP contribution in [0.25, 0.3) is 0 Å². The highest BCUT2D eigenvalue weighted by Crippen LogP contribution is 2.22. The van der Waals surface area contributed by atoms with Crippen LogP contribution < -0.4 is 5.32 Å². The van der Waals surface area contributed by atoms with Crippen LogP contribution in [0.15, 0.2) is 0 Å². The van der Waals surface area contributed by atoms with E-state index >= 15 is 0 Å². The quantitative estimate of drug-likeness (QED) is 0.771. The number of amides is 2. The molecule has 7 nitrogen and oxygen atoms in total. The number of likely N-dealkylation sites (tertiary alicyclic amines) is 1. The number of nitrogens with zero attached hydrogens (tertiary/aromatic N) is 1. The van der Waals surface area contributed by atoms with Crippen molar-refractivity contribution in [3.8, 4) is 0 Å². The van der Waals surface area contributed by atoms with Gasteiger partial charge in [-0.2, -0.15) is 0 Å². The second kappa shape index (κ2) is 8.73. The van der Waals surface area contributed by atoms with E-state index in [1.54, 1.807) is 11.8 Å². The van der Waals surface area contributed by atoms with Crippen LogP contribution in [0.1, 0.15) is 66.2 Å². The number of hydrogen-bond donors (Lipinski definition) is 1. The molecule has 0 spiro atoms. The van der Waals surface area contributed by atoms with Crippen molar-refractivity contribution in [3.05, 3.63) is 0 Å². The molecule has 0 unspecified atom stereocenters. The molecule has 1 aliphatic carbocycles. The first kappa shape index (κ1) is 20.5. The molecule has 2 amide bonds. The van der Waals surface area contributed by atoms with Gasteiger partial charge in [0, 0.05) is 19.1 Å². The van der Waals surface area contributed by atoms with Gasteiger partial charge in [-0.3, -0.25) is 9.59 Å². The monoisotopic (exact) mass is 368 g/mol. The molecule has 0 aromatic heterocycles. The van der Waals surface area contributed by atoms with E-state index < -0.39 is 11.7 Å². The van der Waals surface area contributed by atoms with E-state index in [-0.39, 0.29) is 29.9 Å². The van der Waals surface area contributed by atoms with Gasteiger partial charge in [-0.1, -0.05) is 12.8 Å². The summed E-state index contributed by atoms with van der Waals surface area (Å²) in [7, 11) is 0. The minimum absolute atomic E-state index is 0.209. The van der Waals surface area contributed by atoms with E-state index in [4.69, 9.17) is 9.47 Å². The lowest BCUT2D eigenvalue weighted by Gasteiger charge is -2.32. The van der Waals surface area contributed by atoms with Crippen LogP contribution in [-0.4, -0.2) is 53.7 Å². The van der Waals surface area contributed by atoms with Crippen LogP contribution in [0.3, 0.4) is 0 Å². The number of esters is 1. The zero-order valence-electron chi connectivity index (χ0n) is 16.4. The van der Waals surface area contributed by atoms with Crippen molar-refractivity contribution in [2.24, 2.45) is 5.92 Å². The standard InChI is InChI=1S/C19H32N2O5/c1-13(16(22)20-15-7-5-6-8-15)25-17(23)14-9-11-21(12-10-14)18(24)26-19(2,3)4/h13-15H,5-12H2,1-4H3,(H,20,22)/t13-/m1/s1.